The number of nitrogens with two attached hydrogens (primary N) is 1. The van der Waals surface area contributed by atoms with Gasteiger partial charge in [-0.05, 0) is 35.7 Å². The van der Waals surface area contributed by atoms with E-state index in [1.54, 1.807) is 13.2 Å². The van der Waals surface area contributed by atoms with Crippen molar-refractivity contribution < 1.29 is 4.74 Å². The lowest BCUT2D eigenvalue weighted by Gasteiger charge is -2.20. The molecule has 0 bridgehead atoms. The lowest BCUT2D eigenvalue weighted by molar-refractivity contribution is 0.404. The van der Waals surface area contributed by atoms with Crippen molar-refractivity contribution in [2.45, 2.75) is 19.4 Å². The van der Waals surface area contributed by atoms with E-state index in [0.717, 1.165) is 23.3 Å². The van der Waals surface area contributed by atoms with E-state index in [2.05, 4.69) is 36.6 Å². The molecule has 0 fully saturated rings. The number of nitrogens with one attached hydrogen (secondary N) is 1. The van der Waals surface area contributed by atoms with Crippen molar-refractivity contribution in [2.24, 2.45) is 5.84 Å². The van der Waals surface area contributed by atoms with Gasteiger partial charge in [0, 0.05) is 10.6 Å². The molecule has 4 heteroatoms. The van der Waals surface area contributed by atoms with Crippen LogP contribution in [-0.2, 0) is 6.42 Å². The summed E-state index contributed by atoms with van der Waals surface area (Å²) in [4.78, 5) is 0. The van der Waals surface area contributed by atoms with E-state index in [1.807, 2.05) is 12.1 Å². The zero-order valence-corrected chi connectivity index (χ0v) is 12.4. The maximum Gasteiger partial charge on any atom is 0.124 e. The summed E-state index contributed by atoms with van der Waals surface area (Å²) in [6, 6.07) is 13.7. The Bertz CT molecular complexity index is 569. The largest absolute Gasteiger partial charge is 0.496 e. The number of benzene rings is 2. The SMILES string of the molecule is CCc1ccc(C(NN)c2cc(Cl)ccc2OC)cc1. The smallest absolute Gasteiger partial charge is 0.124 e. The van der Waals surface area contributed by atoms with Crippen molar-refractivity contribution in [3.63, 3.8) is 0 Å². The highest BCUT2D eigenvalue weighted by Gasteiger charge is 2.17. The molecule has 106 valence electrons. The number of aryl methyl sites for hydroxylation is 1. The first-order chi connectivity index (χ1) is 9.69. The minimum absolute atomic E-state index is 0.158. The predicted octanol–water partition coefficient (Wildman–Crippen LogP) is 3.46. The van der Waals surface area contributed by atoms with E-state index < -0.39 is 0 Å². The third kappa shape index (κ3) is 3.12. The molecule has 0 saturated heterocycles. The van der Waals surface area contributed by atoms with Crippen LogP contribution in [0.15, 0.2) is 42.5 Å². The molecule has 3 nitrogen and oxygen atoms in total. The highest BCUT2D eigenvalue weighted by molar-refractivity contribution is 6.30. The van der Waals surface area contributed by atoms with E-state index in [-0.39, 0.29) is 6.04 Å². The number of halogens is 1. The van der Waals surface area contributed by atoms with E-state index >= 15 is 0 Å². The van der Waals surface area contributed by atoms with E-state index in [9.17, 15) is 0 Å². The fourth-order valence-electron chi connectivity index (χ4n) is 2.24. The zero-order valence-electron chi connectivity index (χ0n) is 11.7. The summed E-state index contributed by atoms with van der Waals surface area (Å²) >= 11 is 6.09. The maximum atomic E-state index is 6.09. The van der Waals surface area contributed by atoms with Gasteiger partial charge in [0.05, 0.1) is 13.2 Å². The van der Waals surface area contributed by atoms with Gasteiger partial charge in [-0.25, -0.2) is 5.43 Å². The monoisotopic (exact) mass is 290 g/mol. The second kappa shape index (κ2) is 6.75. The van der Waals surface area contributed by atoms with Gasteiger partial charge in [-0.3, -0.25) is 5.84 Å². The molecular weight excluding hydrogens is 272 g/mol. The molecule has 3 N–H and O–H groups in total. The second-order valence-electron chi connectivity index (χ2n) is 4.58. The molecule has 0 aromatic heterocycles. The average Bonchev–Trinajstić information content (AvgIpc) is 2.49. The Labute approximate surface area is 124 Å². The van der Waals surface area contributed by atoms with Gasteiger partial charge in [0.2, 0.25) is 0 Å². The fourth-order valence-corrected chi connectivity index (χ4v) is 2.42. The Morgan fingerprint density at radius 2 is 1.90 bits per heavy atom. The summed E-state index contributed by atoms with van der Waals surface area (Å²) in [6.45, 7) is 2.13. The Kier molecular flexibility index (Phi) is 5.01. The van der Waals surface area contributed by atoms with E-state index in [4.69, 9.17) is 22.2 Å². The topological polar surface area (TPSA) is 47.3 Å². The molecule has 0 radical (unpaired) electrons. The van der Waals surface area contributed by atoms with Crippen molar-refractivity contribution >= 4 is 11.6 Å². The van der Waals surface area contributed by atoms with Crippen LogP contribution >= 0.6 is 11.6 Å². The highest BCUT2D eigenvalue weighted by Crippen LogP contribution is 2.32. The quantitative estimate of drug-likeness (QED) is 0.655. The standard InChI is InChI=1S/C16H19ClN2O/c1-3-11-4-6-12(7-5-11)16(19-18)14-10-13(17)8-9-15(14)20-2/h4-10,16,19H,3,18H2,1-2H3. The van der Waals surface area contributed by atoms with E-state index in [0.29, 0.717) is 5.02 Å². The molecule has 1 atom stereocenters. The number of hydrogen-bond donors (Lipinski definition) is 2. The van der Waals surface area contributed by atoms with Crippen LogP contribution in [0.4, 0.5) is 0 Å². The Morgan fingerprint density at radius 1 is 1.20 bits per heavy atom. The van der Waals surface area contributed by atoms with Crippen molar-refractivity contribution in [1.29, 1.82) is 0 Å². The van der Waals surface area contributed by atoms with Crippen molar-refractivity contribution in [1.82, 2.24) is 5.43 Å². The molecule has 20 heavy (non-hydrogen) atoms. The molecule has 0 aliphatic rings. The van der Waals surface area contributed by atoms with Crippen LogP contribution in [0.3, 0.4) is 0 Å². The highest BCUT2D eigenvalue weighted by atomic mass is 35.5. The van der Waals surface area contributed by atoms with Crippen LogP contribution in [0.1, 0.15) is 29.7 Å². The number of hydrogen-bond acceptors (Lipinski definition) is 3. The zero-order chi connectivity index (χ0) is 14.5. The summed E-state index contributed by atoms with van der Waals surface area (Å²) in [5.41, 5.74) is 6.13. The first-order valence-electron chi connectivity index (χ1n) is 6.58. The van der Waals surface area contributed by atoms with Crippen LogP contribution in [0.25, 0.3) is 0 Å². The van der Waals surface area contributed by atoms with Gasteiger partial charge in [0.15, 0.2) is 0 Å². The summed E-state index contributed by atoms with van der Waals surface area (Å²) in [5, 5.41) is 0.659. The number of methoxy groups -OCH3 is 1. The van der Waals surface area contributed by atoms with Gasteiger partial charge in [-0.1, -0.05) is 42.8 Å². The van der Waals surface area contributed by atoms with Gasteiger partial charge < -0.3 is 4.74 Å². The van der Waals surface area contributed by atoms with Crippen molar-refractivity contribution in [3.8, 4) is 5.75 Å². The first kappa shape index (κ1) is 14.9. The van der Waals surface area contributed by atoms with E-state index in [1.165, 1.54) is 5.56 Å². The molecule has 2 rings (SSSR count). The molecular formula is C16H19ClN2O. The summed E-state index contributed by atoms with van der Waals surface area (Å²) in [7, 11) is 1.64. The molecule has 0 heterocycles. The molecule has 0 saturated carbocycles. The first-order valence-corrected chi connectivity index (χ1v) is 6.95. The number of rotatable bonds is 5. The van der Waals surface area contributed by atoms with Crippen LogP contribution < -0.4 is 16.0 Å². The van der Waals surface area contributed by atoms with Gasteiger partial charge in [-0.2, -0.15) is 0 Å². The van der Waals surface area contributed by atoms with Gasteiger partial charge in [0.1, 0.15) is 5.75 Å². The third-order valence-corrected chi connectivity index (χ3v) is 3.63. The maximum absolute atomic E-state index is 6.09. The lowest BCUT2D eigenvalue weighted by atomic mass is 9.97. The Morgan fingerprint density at radius 3 is 2.45 bits per heavy atom. The minimum atomic E-state index is -0.158. The minimum Gasteiger partial charge on any atom is -0.496 e. The Balaban J connectivity index is 2.43. The second-order valence-corrected chi connectivity index (χ2v) is 5.02. The van der Waals surface area contributed by atoms with Crippen LogP contribution in [-0.4, -0.2) is 7.11 Å². The Hall–Kier alpha value is -1.55. The van der Waals surface area contributed by atoms with Gasteiger partial charge in [-0.15, -0.1) is 0 Å². The molecule has 0 spiro atoms. The lowest BCUT2D eigenvalue weighted by Crippen LogP contribution is -2.29. The molecule has 2 aromatic carbocycles. The number of hydrazine groups is 1. The van der Waals surface area contributed by atoms with Crippen molar-refractivity contribution in [2.75, 3.05) is 7.11 Å². The van der Waals surface area contributed by atoms with Gasteiger partial charge >= 0.3 is 0 Å². The summed E-state index contributed by atoms with van der Waals surface area (Å²) in [6.07, 6.45) is 1.02. The summed E-state index contributed by atoms with van der Waals surface area (Å²) in [5.74, 6) is 6.49. The van der Waals surface area contributed by atoms with Crippen LogP contribution in [0.5, 0.6) is 5.75 Å². The molecule has 0 aliphatic carbocycles. The summed E-state index contributed by atoms with van der Waals surface area (Å²) < 4.78 is 5.40. The average molecular weight is 291 g/mol. The predicted molar refractivity (Wildman–Crippen MR) is 83.0 cm³/mol. The van der Waals surface area contributed by atoms with Crippen molar-refractivity contribution in [3.05, 3.63) is 64.2 Å². The number of ether oxygens (including phenoxy) is 1. The fraction of sp³-hybridized carbons (Fsp3) is 0.250. The normalized spacial score (nSPS) is 12.2. The van der Waals surface area contributed by atoms with Gasteiger partial charge in [0.25, 0.3) is 0 Å². The third-order valence-electron chi connectivity index (χ3n) is 3.39. The molecule has 0 amide bonds. The molecule has 0 aliphatic heterocycles. The molecule has 1 unspecified atom stereocenters. The van der Waals surface area contributed by atoms with Crippen LogP contribution in [0, 0.1) is 0 Å². The molecule has 2 aromatic rings. The van der Waals surface area contributed by atoms with Crippen LogP contribution in [0.2, 0.25) is 5.02 Å².